The van der Waals surface area contributed by atoms with Crippen LogP contribution in [-0.4, -0.2) is 56.5 Å². The second kappa shape index (κ2) is 10.1. The van der Waals surface area contributed by atoms with Gasteiger partial charge in [-0.3, -0.25) is 9.78 Å². The summed E-state index contributed by atoms with van der Waals surface area (Å²) in [6, 6.07) is 14.2. The minimum atomic E-state index is -3.80. The highest BCUT2D eigenvalue weighted by Gasteiger charge is 2.29. The quantitative estimate of drug-likeness (QED) is 0.536. The first kappa shape index (κ1) is 22.9. The van der Waals surface area contributed by atoms with Gasteiger partial charge in [-0.15, -0.1) is 0 Å². The molecule has 8 nitrogen and oxygen atoms in total. The van der Waals surface area contributed by atoms with Crippen LogP contribution >= 0.6 is 0 Å². The van der Waals surface area contributed by atoms with Crippen molar-refractivity contribution in [1.29, 1.82) is 0 Å². The van der Waals surface area contributed by atoms with Gasteiger partial charge in [-0.05, 0) is 37.3 Å². The third kappa shape index (κ3) is 5.22. The maximum absolute atomic E-state index is 13.2. The molecule has 33 heavy (non-hydrogen) atoms. The van der Waals surface area contributed by atoms with Crippen LogP contribution < -0.4 is 10.1 Å². The third-order valence-electron chi connectivity index (χ3n) is 5.18. The Labute approximate surface area is 192 Å². The van der Waals surface area contributed by atoms with E-state index in [0.717, 1.165) is 16.5 Å². The Kier molecular flexibility index (Phi) is 7.02. The number of morpholine rings is 1. The van der Waals surface area contributed by atoms with Crippen molar-refractivity contribution < 1.29 is 22.7 Å². The number of hydrogen-bond acceptors (Lipinski definition) is 6. The molecule has 1 saturated heterocycles. The van der Waals surface area contributed by atoms with Gasteiger partial charge in [0.1, 0.15) is 10.6 Å². The lowest BCUT2D eigenvalue weighted by atomic mass is 10.1. The zero-order chi connectivity index (χ0) is 23.3. The number of amides is 1. The number of rotatable bonds is 7. The van der Waals surface area contributed by atoms with Crippen molar-refractivity contribution in [1.82, 2.24) is 9.29 Å². The molecule has 0 saturated carbocycles. The predicted molar refractivity (Wildman–Crippen MR) is 127 cm³/mol. The van der Waals surface area contributed by atoms with Crippen LogP contribution in [-0.2, 0) is 19.6 Å². The molecule has 0 atom stereocenters. The van der Waals surface area contributed by atoms with E-state index in [1.165, 1.54) is 16.4 Å². The summed E-state index contributed by atoms with van der Waals surface area (Å²) in [4.78, 5) is 17.0. The Morgan fingerprint density at radius 2 is 1.97 bits per heavy atom. The van der Waals surface area contributed by atoms with E-state index in [0.29, 0.717) is 25.5 Å². The molecular weight excluding hydrogens is 442 g/mol. The highest BCUT2D eigenvalue weighted by molar-refractivity contribution is 7.89. The van der Waals surface area contributed by atoms with Crippen molar-refractivity contribution in [2.24, 2.45) is 0 Å². The largest absolute Gasteiger partial charge is 0.492 e. The van der Waals surface area contributed by atoms with Crippen LogP contribution in [0.5, 0.6) is 5.75 Å². The molecule has 3 aromatic rings. The Morgan fingerprint density at radius 3 is 2.76 bits per heavy atom. The summed E-state index contributed by atoms with van der Waals surface area (Å²) >= 11 is 0. The second-order valence-electron chi connectivity index (χ2n) is 7.36. The number of fused-ring (bicyclic) bond motifs is 1. The van der Waals surface area contributed by atoms with Crippen molar-refractivity contribution in [3.8, 4) is 5.75 Å². The highest BCUT2D eigenvalue weighted by atomic mass is 32.2. The van der Waals surface area contributed by atoms with Crippen molar-refractivity contribution in [3.63, 3.8) is 0 Å². The SMILES string of the molecule is CCOc1ccc(NC(=O)/C=C/c2cccc3cccnc23)cc1S(=O)(=O)N1CCOCC1. The lowest BCUT2D eigenvalue weighted by Crippen LogP contribution is -2.40. The van der Waals surface area contributed by atoms with Crippen molar-refractivity contribution in [2.75, 3.05) is 38.2 Å². The number of carbonyl (C=O) groups is 1. The van der Waals surface area contributed by atoms with Crippen molar-refractivity contribution in [3.05, 3.63) is 66.4 Å². The summed E-state index contributed by atoms with van der Waals surface area (Å²) in [5.41, 5.74) is 1.96. The molecule has 4 rings (SSSR count). The zero-order valence-electron chi connectivity index (χ0n) is 18.2. The summed E-state index contributed by atoms with van der Waals surface area (Å²) in [7, 11) is -3.80. The van der Waals surface area contributed by atoms with E-state index in [-0.39, 0.29) is 29.6 Å². The van der Waals surface area contributed by atoms with E-state index < -0.39 is 10.0 Å². The van der Waals surface area contributed by atoms with Gasteiger partial charge in [0.05, 0.1) is 25.3 Å². The first-order chi connectivity index (χ1) is 16.0. The smallest absolute Gasteiger partial charge is 0.248 e. The molecule has 1 aliphatic heterocycles. The number of sulfonamides is 1. The second-order valence-corrected chi connectivity index (χ2v) is 9.26. The third-order valence-corrected chi connectivity index (χ3v) is 7.10. The van der Waals surface area contributed by atoms with Crippen molar-refractivity contribution >= 4 is 38.6 Å². The number of benzene rings is 2. The average Bonchev–Trinajstić information content (AvgIpc) is 2.84. The van der Waals surface area contributed by atoms with Crippen LogP contribution in [0.1, 0.15) is 12.5 Å². The van der Waals surface area contributed by atoms with Crippen LogP contribution in [0, 0.1) is 0 Å². The summed E-state index contributed by atoms with van der Waals surface area (Å²) in [5.74, 6) is -0.138. The normalized spacial score (nSPS) is 15.1. The maximum atomic E-state index is 13.2. The molecule has 0 radical (unpaired) electrons. The standard InChI is InChI=1S/C24H25N3O5S/c1-2-32-21-10-9-20(17-22(21)33(29,30)27-13-15-31-16-14-27)26-23(28)11-8-19-6-3-5-18-7-4-12-25-24(18)19/h3-12,17H,2,13-16H2,1H3,(H,26,28)/b11-8+. The minimum Gasteiger partial charge on any atom is -0.492 e. The van der Waals surface area contributed by atoms with E-state index in [1.54, 1.807) is 31.3 Å². The van der Waals surface area contributed by atoms with Gasteiger partial charge in [0.25, 0.3) is 0 Å². The monoisotopic (exact) mass is 467 g/mol. The zero-order valence-corrected chi connectivity index (χ0v) is 19.0. The van der Waals surface area contributed by atoms with E-state index in [2.05, 4.69) is 10.3 Å². The molecule has 0 aliphatic carbocycles. The highest BCUT2D eigenvalue weighted by Crippen LogP contribution is 2.30. The number of anilines is 1. The summed E-state index contributed by atoms with van der Waals surface area (Å²) in [6.45, 7) is 3.33. The molecule has 1 fully saturated rings. The van der Waals surface area contributed by atoms with Crippen LogP contribution in [0.15, 0.2) is 65.7 Å². The van der Waals surface area contributed by atoms with Gasteiger partial charge in [-0.25, -0.2) is 8.42 Å². The van der Waals surface area contributed by atoms with Gasteiger partial charge in [0.15, 0.2) is 0 Å². The molecular formula is C24H25N3O5S. The first-order valence-corrected chi connectivity index (χ1v) is 12.1. The van der Waals surface area contributed by atoms with Gasteiger partial charge < -0.3 is 14.8 Å². The molecule has 1 N–H and O–H groups in total. The van der Waals surface area contributed by atoms with Gasteiger partial charge in [-0.2, -0.15) is 4.31 Å². The first-order valence-electron chi connectivity index (χ1n) is 10.7. The average molecular weight is 468 g/mol. The van der Waals surface area contributed by atoms with Crippen LogP contribution in [0.25, 0.3) is 17.0 Å². The minimum absolute atomic E-state index is 0.0197. The van der Waals surface area contributed by atoms with Crippen LogP contribution in [0.3, 0.4) is 0 Å². The van der Waals surface area contributed by atoms with Crippen LogP contribution in [0.4, 0.5) is 5.69 Å². The van der Waals surface area contributed by atoms with E-state index in [1.807, 2.05) is 30.3 Å². The number of hydrogen-bond donors (Lipinski definition) is 1. The molecule has 1 amide bonds. The maximum Gasteiger partial charge on any atom is 0.248 e. The predicted octanol–water partition coefficient (Wildman–Crippen LogP) is 3.31. The molecule has 172 valence electrons. The number of nitrogens with one attached hydrogen (secondary N) is 1. The van der Waals surface area contributed by atoms with Crippen LogP contribution in [0.2, 0.25) is 0 Å². The molecule has 9 heteroatoms. The summed E-state index contributed by atoms with van der Waals surface area (Å²) in [6.07, 6.45) is 4.79. The molecule has 0 bridgehead atoms. The summed E-state index contributed by atoms with van der Waals surface area (Å²) in [5, 5.41) is 3.71. The molecule has 2 heterocycles. The fraction of sp³-hybridized carbons (Fsp3) is 0.250. The Bertz CT molecular complexity index is 1280. The van der Waals surface area contributed by atoms with E-state index in [4.69, 9.17) is 9.47 Å². The van der Waals surface area contributed by atoms with Crippen molar-refractivity contribution in [2.45, 2.75) is 11.8 Å². The topological polar surface area (TPSA) is 97.8 Å². The summed E-state index contributed by atoms with van der Waals surface area (Å²) < 4.78 is 38.6. The number of para-hydroxylation sites is 1. The Hall–Kier alpha value is -3.27. The molecule has 1 aromatic heterocycles. The van der Waals surface area contributed by atoms with E-state index in [9.17, 15) is 13.2 Å². The fourth-order valence-corrected chi connectivity index (χ4v) is 5.16. The number of nitrogens with zero attached hydrogens (tertiary/aromatic N) is 2. The molecule has 2 aromatic carbocycles. The lowest BCUT2D eigenvalue weighted by Gasteiger charge is -2.27. The number of pyridine rings is 1. The molecule has 1 aliphatic rings. The number of aromatic nitrogens is 1. The van der Waals surface area contributed by atoms with Gasteiger partial charge in [0.2, 0.25) is 15.9 Å². The number of carbonyl (C=O) groups excluding carboxylic acids is 1. The number of ether oxygens (including phenoxy) is 2. The van der Waals surface area contributed by atoms with Gasteiger partial charge in [0, 0.05) is 42.0 Å². The molecule has 0 spiro atoms. The lowest BCUT2D eigenvalue weighted by molar-refractivity contribution is -0.111. The Balaban J connectivity index is 1.57. The van der Waals surface area contributed by atoms with Gasteiger partial charge >= 0.3 is 0 Å². The fourth-order valence-electron chi connectivity index (χ4n) is 3.60. The molecule has 0 unspecified atom stereocenters. The van der Waals surface area contributed by atoms with E-state index >= 15 is 0 Å². The van der Waals surface area contributed by atoms with Gasteiger partial charge in [-0.1, -0.05) is 24.3 Å². The Morgan fingerprint density at radius 1 is 1.18 bits per heavy atom.